The summed E-state index contributed by atoms with van der Waals surface area (Å²) >= 11 is 6.25. The second-order valence-electron chi connectivity index (χ2n) is 6.52. The summed E-state index contributed by atoms with van der Waals surface area (Å²) < 4.78 is 15.5. The van der Waals surface area contributed by atoms with Gasteiger partial charge < -0.3 is 9.67 Å². The van der Waals surface area contributed by atoms with Gasteiger partial charge in [0.15, 0.2) is 0 Å². The van der Waals surface area contributed by atoms with Gasteiger partial charge in [-0.1, -0.05) is 54.3 Å². The molecule has 1 aliphatic rings. The molecule has 3 aromatic rings. The number of rotatable bonds is 5. The van der Waals surface area contributed by atoms with Gasteiger partial charge in [0.2, 0.25) is 0 Å². The molecule has 1 amide bonds. The van der Waals surface area contributed by atoms with E-state index >= 15 is 0 Å². The number of thiocarbonyl (C=S) groups is 1. The van der Waals surface area contributed by atoms with Gasteiger partial charge in [0.1, 0.15) is 16.7 Å². The van der Waals surface area contributed by atoms with E-state index in [0.29, 0.717) is 11.4 Å². The highest BCUT2D eigenvalue weighted by atomic mass is 32.2. The Morgan fingerprint density at radius 2 is 1.90 bits per heavy atom. The lowest BCUT2D eigenvalue weighted by atomic mass is 10.1. The maximum atomic E-state index is 13.2. The first-order valence-electron chi connectivity index (χ1n) is 8.72. The number of carboxylic acid groups (broad SMARTS) is 1. The zero-order valence-electron chi connectivity index (χ0n) is 15.0. The van der Waals surface area contributed by atoms with E-state index in [-0.39, 0.29) is 10.1 Å². The number of aliphatic carboxylic acids is 1. The quantitative estimate of drug-likeness (QED) is 0.491. The molecular weight excluding hydrogens is 411 g/mol. The topological polar surface area (TPSA) is 62.5 Å². The Labute approximate surface area is 175 Å². The maximum Gasteiger partial charge on any atom is 0.323 e. The maximum absolute atomic E-state index is 13.2. The number of thioether (sulfide) groups is 1. The SMILES string of the molecule is O=C(O)CN1C(=O)C(=Cc2cn(Cc3ccc(F)cc3)c3ccccc23)SC1=S. The average molecular weight is 426 g/mol. The summed E-state index contributed by atoms with van der Waals surface area (Å²) in [6.07, 6.45) is 3.67. The van der Waals surface area contributed by atoms with Crippen LogP contribution >= 0.6 is 24.0 Å². The highest BCUT2D eigenvalue weighted by Gasteiger charge is 2.33. The third-order valence-corrected chi connectivity index (χ3v) is 5.92. The number of benzene rings is 2. The van der Waals surface area contributed by atoms with Gasteiger partial charge in [-0.3, -0.25) is 14.5 Å². The number of carboxylic acids is 1. The number of aromatic nitrogens is 1. The van der Waals surface area contributed by atoms with E-state index in [1.165, 1.54) is 12.1 Å². The summed E-state index contributed by atoms with van der Waals surface area (Å²) in [6, 6.07) is 14.1. The first-order chi connectivity index (χ1) is 13.9. The van der Waals surface area contributed by atoms with Crippen molar-refractivity contribution in [2.75, 3.05) is 6.54 Å². The lowest BCUT2D eigenvalue weighted by Crippen LogP contribution is -2.33. The predicted molar refractivity (Wildman–Crippen MR) is 115 cm³/mol. The van der Waals surface area contributed by atoms with E-state index in [2.05, 4.69) is 0 Å². The van der Waals surface area contributed by atoms with Crippen LogP contribution in [0.25, 0.3) is 17.0 Å². The summed E-state index contributed by atoms with van der Waals surface area (Å²) in [5.41, 5.74) is 2.76. The number of hydrogen-bond donors (Lipinski definition) is 1. The molecule has 0 bridgehead atoms. The van der Waals surface area contributed by atoms with Crippen LogP contribution in [0.3, 0.4) is 0 Å². The summed E-state index contributed by atoms with van der Waals surface area (Å²) in [7, 11) is 0. The number of nitrogens with zero attached hydrogens (tertiary/aromatic N) is 2. The van der Waals surface area contributed by atoms with Crippen LogP contribution in [0.2, 0.25) is 0 Å². The fourth-order valence-corrected chi connectivity index (χ4v) is 4.47. The molecule has 4 rings (SSSR count). The fourth-order valence-electron chi connectivity index (χ4n) is 3.22. The van der Waals surface area contributed by atoms with Crippen molar-refractivity contribution in [2.24, 2.45) is 0 Å². The van der Waals surface area contributed by atoms with Crippen molar-refractivity contribution in [3.63, 3.8) is 0 Å². The van der Waals surface area contributed by atoms with Crippen LogP contribution in [-0.2, 0) is 16.1 Å². The van der Waals surface area contributed by atoms with Gasteiger partial charge >= 0.3 is 5.97 Å². The lowest BCUT2D eigenvalue weighted by molar-refractivity contribution is -0.140. The number of hydrogen-bond acceptors (Lipinski definition) is 4. The second-order valence-corrected chi connectivity index (χ2v) is 8.19. The Bertz CT molecular complexity index is 1170. The first kappa shape index (κ1) is 19.4. The van der Waals surface area contributed by atoms with Crippen molar-refractivity contribution in [1.29, 1.82) is 0 Å². The molecule has 0 saturated carbocycles. The zero-order chi connectivity index (χ0) is 20.5. The molecule has 1 N–H and O–H groups in total. The van der Waals surface area contributed by atoms with Crippen LogP contribution in [0.5, 0.6) is 0 Å². The Hall–Kier alpha value is -2.97. The average Bonchev–Trinajstić information content (AvgIpc) is 3.16. The molecule has 29 heavy (non-hydrogen) atoms. The highest BCUT2D eigenvalue weighted by Crippen LogP contribution is 2.34. The molecule has 0 spiro atoms. The van der Waals surface area contributed by atoms with E-state index in [9.17, 15) is 14.0 Å². The normalized spacial score (nSPS) is 15.6. The van der Waals surface area contributed by atoms with E-state index in [1.807, 2.05) is 35.0 Å². The second kappa shape index (κ2) is 7.81. The summed E-state index contributed by atoms with van der Waals surface area (Å²) in [6.45, 7) is 0.100. The summed E-state index contributed by atoms with van der Waals surface area (Å²) in [5.74, 6) is -1.80. The van der Waals surface area contributed by atoms with Crippen LogP contribution in [0, 0.1) is 5.82 Å². The fraction of sp³-hybridized carbons (Fsp3) is 0.0952. The van der Waals surface area contributed by atoms with Gasteiger partial charge in [0.05, 0.1) is 4.91 Å². The van der Waals surface area contributed by atoms with Crippen molar-refractivity contribution in [1.82, 2.24) is 9.47 Å². The molecule has 1 saturated heterocycles. The third kappa shape index (κ3) is 3.94. The largest absolute Gasteiger partial charge is 0.480 e. The van der Waals surface area contributed by atoms with Crippen LogP contribution in [-0.4, -0.2) is 37.3 Å². The van der Waals surface area contributed by atoms with E-state index in [4.69, 9.17) is 17.3 Å². The molecular formula is C21H15FN2O3S2. The third-order valence-electron chi connectivity index (χ3n) is 4.54. The molecule has 146 valence electrons. The minimum atomic E-state index is -1.11. The standard InChI is InChI=1S/C21H15FN2O3S2/c22-15-7-5-13(6-8-15)10-23-11-14(16-3-1-2-4-17(16)23)9-18-20(27)24(12-19(25)26)21(28)29-18/h1-9,11H,10,12H2,(H,25,26). The number of para-hydroxylation sites is 1. The van der Waals surface area contributed by atoms with E-state index in [0.717, 1.165) is 38.7 Å². The molecule has 2 aromatic carbocycles. The molecule has 0 atom stereocenters. The molecule has 1 fully saturated rings. The minimum absolute atomic E-state index is 0.235. The monoisotopic (exact) mass is 426 g/mol. The smallest absolute Gasteiger partial charge is 0.323 e. The molecule has 1 aromatic heterocycles. The van der Waals surface area contributed by atoms with Crippen LogP contribution in [0.4, 0.5) is 4.39 Å². The van der Waals surface area contributed by atoms with E-state index < -0.39 is 18.4 Å². The minimum Gasteiger partial charge on any atom is -0.480 e. The number of halogens is 1. The predicted octanol–water partition coefficient (Wildman–Crippen LogP) is 4.11. The van der Waals surface area contributed by atoms with Crippen LogP contribution in [0.15, 0.2) is 59.6 Å². The van der Waals surface area contributed by atoms with Crippen LogP contribution < -0.4 is 0 Å². The van der Waals surface area contributed by atoms with Crippen molar-refractivity contribution < 1.29 is 19.1 Å². The van der Waals surface area contributed by atoms with Gasteiger partial charge in [0, 0.05) is 29.2 Å². The number of amides is 1. The van der Waals surface area contributed by atoms with Crippen molar-refractivity contribution in [3.8, 4) is 0 Å². The molecule has 0 aliphatic carbocycles. The highest BCUT2D eigenvalue weighted by molar-refractivity contribution is 8.26. The Morgan fingerprint density at radius 3 is 2.62 bits per heavy atom. The van der Waals surface area contributed by atoms with Crippen molar-refractivity contribution in [2.45, 2.75) is 6.54 Å². The molecule has 5 nitrogen and oxygen atoms in total. The zero-order valence-corrected chi connectivity index (χ0v) is 16.7. The lowest BCUT2D eigenvalue weighted by Gasteiger charge is -2.10. The van der Waals surface area contributed by atoms with Crippen LogP contribution in [0.1, 0.15) is 11.1 Å². The Morgan fingerprint density at radius 1 is 1.17 bits per heavy atom. The van der Waals surface area contributed by atoms with Crippen molar-refractivity contribution >= 4 is 57.2 Å². The molecule has 8 heteroatoms. The first-order valence-corrected chi connectivity index (χ1v) is 9.94. The van der Waals surface area contributed by atoms with Gasteiger partial charge in [-0.2, -0.15) is 0 Å². The number of carbonyl (C=O) groups excluding carboxylic acids is 1. The summed E-state index contributed by atoms with van der Waals surface area (Å²) in [5, 5.41) is 9.93. The molecule has 0 unspecified atom stereocenters. The number of carbonyl (C=O) groups is 2. The van der Waals surface area contributed by atoms with Gasteiger partial charge in [0.25, 0.3) is 5.91 Å². The summed E-state index contributed by atoms with van der Waals surface area (Å²) in [4.78, 5) is 25.0. The van der Waals surface area contributed by atoms with Gasteiger partial charge in [-0.05, 0) is 29.8 Å². The van der Waals surface area contributed by atoms with Gasteiger partial charge in [-0.15, -0.1) is 0 Å². The number of fused-ring (bicyclic) bond motifs is 1. The Balaban J connectivity index is 1.70. The Kier molecular flexibility index (Phi) is 5.21. The van der Waals surface area contributed by atoms with Crippen molar-refractivity contribution in [3.05, 3.63) is 76.6 Å². The van der Waals surface area contributed by atoms with E-state index in [1.54, 1.807) is 18.2 Å². The molecule has 0 radical (unpaired) electrons. The van der Waals surface area contributed by atoms with Gasteiger partial charge in [-0.25, -0.2) is 4.39 Å². The molecule has 2 heterocycles. The molecule has 1 aliphatic heterocycles.